The van der Waals surface area contributed by atoms with Gasteiger partial charge in [0.2, 0.25) is 0 Å². The smallest absolute Gasteiger partial charge is 0.317 e. The van der Waals surface area contributed by atoms with Crippen LogP contribution in [-0.4, -0.2) is 51.2 Å². The Balaban J connectivity index is 1.60. The number of urea groups is 1. The lowest BCUT2D eigenvalue weighted by molar-refractivity contribution is 0.191. The first-order chi connectivity index (χ1) is 11.0. The Kier molecular flexibility index (Phi) is 4.33. The van der Waals surface area contributed by atoms with Gasteiger partial charge in [-0.1, -0.05) is 0 Å². The van der Waals surface area contributed by atoms with Gasteiger partial charge in [-0.2, -0.15) is 0 Å². The van der Waals surface area contributed by atoms with Gasteiger partial charge < -0.3 is 19.2 Å². The van der Waals surface area contributed by atoms with E-state index in [0.717, 1.165) is 49.3 Å². The zero-order valence-electron chi connectivity index (χ0n) is 13.7. The first-order valence-corrected chi connectivity index (χ1v) is 7.66. The number of aromatic nitrogens is 3. The predicted molar refractivity (Wildman–Crippen MR) is 83.5 cm³/mol. The van der Waals surface area contributed by atoms with Crippen LogP contribution in [0.25, 0.3) is 0 Å². The van der Waals surface area contributed by atoms with Crippen molar-refractivity contribution >= 4 is 6.03 Å². The maximum absolute atomic E-state index is 11.6. The Morgan fingerprint density at radius 1 is 1.35 bits per heavy atom. The second-order valence-corrected chi connectivity index (χ2v) is 5.96. The molecular formula is C15H22N6O2. The van der Waals surface area contributed by atoms with Crippen molar-refractivity contribution in [2.45, 2.75) is 33.1 Å². The van der Waals surface area contributed by atoms with E-state index in [9.17, 15) is 4.79 Å². The number of nitrogens with zero attached hydrogens (tertiary/aromatic N) is 5. The molecule has 0 unspecified atom stereocenters. The van der Waals surface area contributed by atoms with Crippen LogP contribution in [0, 0.1) is 6.92 Å². The summed E-state index contributed by atoms with van der Waals surface area (Å²) >= 11 is 0. The van der Waals surface area contributed by atoms with Crippen molar-refractivity contribution in [2.75, 3.05) is 20.6 Å². The Morgan fingerprint density at radius 3 is 2.87 bits per heavy atom. The number of carbonyl (C=O) groups is 1. The fraction of sp³-hybridized carbons (Fsp3) is 0.533. The third-order valence-corrected chi connectivity index (χ3v) is 3.89. The van der Waals surface area contributed by atoms with E-state index in [1.54, 1.807) is 14.1 Å². The van der Waals surface area contributed by atoms with Gasteiger partial charge in [0.05, 0.1) is 19.6 Å². The lowest BCUT2D eigenvalue weighted by atomic mass is 10.3. The van der Waals surface area contributed by atoms with Crippen molar-refractivity contribution in [2.24, 2.45) is 0 Å². The number of aryl methyl sites for hydroxylation is 1. The molecule has 0 spiro atoms. The van der Waals surface area contributed by atoms with Crippen molar-refractivity contribution in [1.82, 2.24) is 29.9 Å². The second kappa shape index (κ2) is 6.41. The molecule has 8 heteroatoms. The van der Waals surface area contributed by atoms with E-state index >= 15 is 0 Å². The van der Waals surface area contributed by atoms with Gasteiger partial charge in [-0.25, -0.2) is 4.79 Å². The van der Waals surface area contributed by atoms with Crippen LogP contribution in [0.2, 0.25) is 0 Å². The third kappa shape index (κ3) is 3.53. The zero-order valence-corrected chi connectivity index (χ0v) is 13.7. The van der Waals surface area contributed by atoms with Crippen LogP contribution in [0.5, 0.6) is 0 Å². The standard InChI is InChI=1S/C15H22N6O2/c1-11-4-5-12(23-11)9-20-6-7-21-13(17-18-14(21)10-20)8-16-15(22)19(2)3/h4-5H,6-10H2,1-3H3,(H,16,22). The number of carbonyl (C=O) groups excluding carboxylic acids is 1. The fourth-order valence-electron chi connectivity index (χ4n) is 2.64. The highest BCUT2D eigenvalue weighted by atomic mass is 16.3. The SMILES string of the molecule is Cc1ccc(CN2CCn3c(CNC(=O)N(C)C)nnc3C2)o1. The van der Waals surface area contributed by atoms with Crippen LogP contribution in [0.4, 0.5) is 4.79 Å². The molecule has 0 radical (unpaired) electrons. The number of hydrogen-bond acceptors (Lipinski definition) is 5. The van der Waals surface area contributed by atoms with Crippen LogP contribution < -0.4 is 5.32 Å². The highest BCUT2D eigenvalue weighted by molar-refractivity contribution is 5.73. The summed E-state index contributed by atoms with van der Waals surface area (Å²) in [5, 5.41) is 11.3. The summed E-state index contributed by atoms with van der Waals surface area (Å²) in [7, 11) is 3.42. The van der Waals surface area contributed by atoms with E-state index in [0.29, 0.717) is 6.54 Å². The molecule has 0 aliphatic carbocycles. The second-order valence-electron chi connectivity index (χ2n) is 5.96. The van der Waals surface area contributed by atoms with E-state index in [-0.39, 0.29) is 6.03 Å². The Morgan fingerprint density at radius 2 is 2.17 bits per heavy atom. The molecule has 23 heavy (non-hydrogen) atoms. The van der Waals surface area contributed by atoms with Gasteiger partial charge in [0, 0.05) is 27.2 Å². The summed E-state index contributed by atoms with van der Waals surface area (Å²) in [4.78, 5) is 15.4. The maximum atomic E-state index is 11.6. The van der Waals surface area contributed by atoms with Crippen molar-refractivity contribution in [3.05, 3.63) is 35.3 Å². The lowest BCUT2D eigenvalue weighted by Crippen LogP contribution is -2.36. The molecule has 1 aliphatic rings. The number of amides is 2. The molecule has 0 bridgehead atoms. The molecule has 8 nitrogen and oxygen atoms in total. The number of fused-ring (bicyclic) bond motifs is 1. The molecule has 0 fully saturated rings. The molecule has 3 heterocycles. The van der Waals surface area contributed by atoms with Crippen molar-refractivity contribution in [1.29, 1.82) is 0 Å². The number of furan rings is 1. The van der Waals surface area contributed by atoms with E-state index in [1.165, 1.54) is 4.90 Å². The zero-order chi connectivity index (χ0) is 16.4. The van der Waals surface area contributed by atoms with Gasteiger partial charge in [0.1, 0.15) is 17.3 Å². The lowest BCUT2D eigenvalue weighted by Gasteiger charge is -2.26. The van der Waals surface area contributed by atoms with Crippen LogP contribution in [-0.2, 0) is 26.2 Å². The summed E-state index contributed by atoms with van der Waals surface area (Å²) in [6.45, 7) is 5.56. The Bertz CT molecular complexity index is 690. The molecule has 1 N–H and O–H groups in total. The first kappa shape index (κ1) is 15.5. The molecule has 0 aromatic carbocycles. The summed E-state index contributed by atoms with van der Waals surface area (Å²) in [6.07, 6.45) is 0. The largest absolute Gasteiger partial charge is 0.465 e. The number of nitrogens with one attached hydrogen (secondary N) is 1. The predicted octanol–water partition coefficient (Wildman–Crippen LogP) is 0.967. The quantitative estimate of drug-likeness (QED) is 0.908. The van der Waals surface area contributed by atoms with Gasteiger partial charge in [0.15, 0.2) is 5.82 Å². The molecule has 124 valence electrons. The van der Waals surface area contributed by atoms with E-state index < -0.39 is 0 Å². The van der Waals surface area contributed by atoms with Crippen LogP contribution in [0.3, 0.4) is 0 Å². The van der Waals surface area contributed by atoms with Crippen LogP contribution in [0.1, 0.15) is 23.2 Å². The van der Waals surface area contributed by atoms with Crippen LogP contribution in [0.15, 0.2) is 16.5 Å². The van der Waals surface area contributed by atoms with Gasteiger partial charge in [-0.3, -0.25) is 4.90 Å². The normalized spacial score (nSPS) is 14.6. The average Bonchev–Trinajstić information content (AvgIpc) is 3.10. The Hall–Kier alpha value is -2.35. The molecular weight excluding hydrogens is 296 g/mol. The minimum atomic E-state index is -0.132. The van der Waals surface area contributed by atoms with Gasteiger partial charge in [0.25, 0.3) is 0 Å². The maximum Gasteiger partial charge on any atom is 0.317 e. The minimum absolute atomic E-state index is 0.132. The summed E-state index contributed by atoms with van der Waals surface area (Å²) in [5.74, 6) is 3.62. The summed E-state index contributed by atoms with van der Waals surface area (Å²) < 4.78 is 7.71. The first-order valence-electron chi connectivity index (χ1n) is 7.66. The van der Waals surface area contributed by atoms with Gasteiger partial charge >= 0.3 is 6.03 Å². The summed E-state index contributed by atoms with van der Waals surface area (Å²) in [5.41, 5.74) is 0. The Labute approximate surface area is 135 Å². The molecule has 2 amide bonds. The fourth-order valence-corrected chi connectivity index (χ4v) is 2.64. The van der Waals surface area contributed by atoms with Crippen molar-refractivity contribution in [3.63, 3.8) is 0 Å². The van der Waals surface area contributed by atoms with E-state index in [2.05, 4.69) is 25.0 Å². The molecule has 0 atom stereocenters. The van der Waals surface area contributed by atoms with Gasteiger partial charge in [-0.15, -0.1) is 10.2 Å². The van der Waals surface area contributed by atoms with E-state index in [4.69, 9.17) is 4.42 Å². The van der Waals surface area contributed by atoms with Crippen LogP contribution >= 0.6 is 0 Å². The minimum Gasteiger partial charge on any atom is -0.465 e. The van der Waals surface area contributed by atoms with Gasteiger partial charge in [-0.05, 0) is 19.1 Å². The third-order valence-electron chi connectivity index (χ3n) is 3.89. The molecule has 2 aromatic heterocycles. The van der Waals surface area contributed by atoms with Crippen molar-refractivity contribution < 1.29 is 9.21 Å². The highest BCUT2D eigenvalue weighted by Gasteiger charge is 2.22. The van der Waals surface area contributed by atoms with E-state index in [1.807, 2.05) is 19.1 Å². The number of rotatable bonds is 4. The highest BCUT2D eigenvalue weighted by Crippen LogP contribution is 2.16. The molecule has 0 saturated carbocycles. The molecule has 3 rings (SSSR count). The molecule has 2 aromatic rings. The molecule has 1 aliphatic heterocycles. The number of hydrogen-bond donors (Lipinski definition) is 1. The molecule has 0 saturated heterocycles. The average molecular weight is 318 g/mol. The summed E-state index contributed by atoms with van der Waals surface area (Å²) in [6, 6.07) is 3.86. The van der Waals surface area contributed by atoms with Crippen molar-refractivity contribution in [3.8, 4) is 0 Å². The monoisotopic (exact) mass is 318 g/mol. The topological polar surface area (TPSA) is 79.4 Å².